The fourth-order valence-corrected chi connectivity index (χ4v) is 11.7. The van der Waals surface area contributed by atoms with Gasteiger partial charge in [0.15, 0.2) is 0 Å². The molecule has 0 aliphatic rings. The third-order valence-electron chi connectivity index (χ3n) is 17.8. The Morgan fingerprint density at radius 3 is 1.11 bits per heavy atom. The minimum atomic E-state index is -0.903. The largest absolute Gasteiger partial charge is 0.373 e. The average Bonchev–Trinajstić information content (AvgIpc) is 1.68. The summed E-state index contributed by atoms with van der Waals surface area (Å²) in [7, 11) is 7.40. The molecule has 0 bridgehead atoms. The van der Waals surface area contributed by atoms with Gasteiger partial charge in [-0.25, -0.2) is 17.6 Å². The van der Waals surface area contributed by atoms with Gasteiger partial charge in [0.05, 0.1) is 23.3 Å². The van der Waals surface area contributed by atoms with Crippen molar-refractivity contribution in [1.29, 1.82) is 0 Å². The van der Waals surface area contributed by atoms with E-state index in [-0.39, 0.29) is 129 Å². The predicted molar refractivity (Wildman–Crippen MR) is 481 cm³/mol. The quantitative estimate of drug-likeness (QED) is 0.0640. The number of benzene rings is 8. The van der Waals surface area contributed by atoms with Gasteiger partial charge in [0.1, 0.15) is 23.8 Å². The Kier molecular flexibility index (Phi) is 48.1. The van der Waals surface area contributed by atoms with Crippen LogP contribution in [-0.4, -0.2) is 92.5 Å². The molecular weight excluding hydrogens is 2650 g/mol. The first kappa shape index (κ1) is 112. The monoisotopic (exact) mass is 2740 g/mol. The average molecular weight is 2730 g/mol. The summed E-state index contributed by atoms with van der Waals surface area (Å²) in [5, 5.41) is 11.7. The Morgan fingerprint density at radius 2 is 0.701 bits per heavy atom. The molecule has 0 aliphatic heterocycles. The second-order valence-corrected chi connectivity index (χ2v) is 28.1. The number of imidazole rings is 4. The molecule has 0 N–H and O–H groups in total. The van der Waals surface area contributed by atoms with Crippen LogP contribution in [0.1, 0.15) is 25.0 Å². The predicted octanol–water partition coefficient (Wildman–Crippen LogP) is 21.9. The Bertz CT molecular complexity index is 6610. The van der Waals surface area contributed by atoms with Gasteiger partial charge in [0.2, 0.25) is 0 Å². The van der Waals surface area contributed by atoms with Crippen LogP contribution in [0.25, 0.3) is 96.4 Å². The summed E-state index contributed by atoms with van der Waals surface area (Å²) in [4.78, 5) is 34.9. The molecule has 0 aliphatic carbocycles. The van der Waals surface area contributed by atoms with E-state index < -0.39 is 58.7 Å². The minimum absolute atomic E-state index is 0. The number of pyridine rings is 5. The summed E-state index contributed by atoms with van der Waals surface area (Å²) in [6.07, 6.45) is 29.9. The third-order valence-corrected chi connectivity index (χ3v) is 17.8. The van der Waals surface area contributed by atoms with Crippen molar-refractivity contribution in [1.82, 2.24) is 92.5 Å². The van der Waals surface area contributed by atoms with Crippen LogP contribution in [0.4, 0.5) is 43.9 Å². The fourth-order valence-electron chi connectivity index (χ4n) is 11.7. The van der Waals surface area contributed by atoms with E-state index in [9.17, 15) is 43.9 Å². The van der Waals surface area contributed by atoms with Crippen LogP contribution in [0.15, 0.2) is 336 Å². The maximum absolute atomic E-state index is 13.3. The molecule has 12 heterocycles. The van der Waals surface area contributed by atoms with Gasteiger partial charge in [0.25, 0.3) is 0 Å². The summed E-state index contributed by atoms with van der Waals surface area (Å²) in [6.45, 7) is 6.53. The number of hydrogen-bond donors (Lipinski definition) is 0. The van der Waals surface area contributed by atoms with Gasteiger partial charge in [-0.05, 0) is 82.9 Å². The normalized spacial score (nSPS) is 9.88. The summed E-state index contributed by atoms with van der Waals surface area (Å²) < 4.78 is 140. The van der Waals surface area contributed by atoms with Crippen molar-refractivity contribution in [3.05, 3.63) is 466 Å². The first-order valence-electron chi connectivity index (χ1n) is 40.1. The summed E-state index contributed by atoms with van der Waals surface area (Å²) in [6, 6.07) is 93.4. The van der Waals surface area contributed by atoms with Crippen LogP contribution in [-0.2, 0) is 135 Å². The summed E-state index contributed by atoms with van der Waals surface area (Å²) in [5.74, 6) is -4.12. The molecule has 34 heteroatoms. The zero-order valence-corrected chi connectivity index (χ0v) is 85.5. The molecule has 12 aromatic heterocycles. The molecular formula is C103H79F10Ir5N19-10. The van der Waals surface area contributed by atoms with E-state index in [1.54, 1.807) is 114 Å². The van der Waals surface area contributed by atoms with Crippen molar-refractivity contribution in [3.8, 4) is 96.4 Å². The Morgan fingerprint density at radius 1 is 0.299 bits per heavy atom. The van der Waals surface area contributed by atoms with Crippen LogP contribution < -0.4 is 0 Å². The maximum Gasteiger partial charge on any atom is 0.130 e. The molecule has 0 saturated carbocycles. The second kappa shape index (κ2) is 58.7. The van der Waals surface area contributed by atoms with Crippen LogP contribution >= 0.6 is 0 Å². The standard InChI is InChI=1S/C15H16N.C11H11N2.C11H8N.C10H7F2N2.C10H5F2N2.C10H9N2.C9H6F2N3.2C9H5F2N2.C9H7N2.5Ir/c1-12(2)10-13-8-9-16-15(11-13)14-6-4-3-5-7-14;1-9-4-3-5-10(8-9)11-12-6-7-13(11)2;1-2-6-10(7-3-1)11-8-4-5-9-12-11;1-14-5-4-13-10(14)8-3-2-7(11)6-9(8)12;11-9-5-4-7(10(12)14-9)8-3-1-2-6-13-8;1-12-8-7-11-10(12)9-5-3-2-4-6-9;1-14-5-4-12-9(14)6-2-3-7(10)13-8(6)11;2*10-7-2-3-9(8(11)6-7)13-5-1-4-12-13;1-2-5-9(6-3-1)11-8-4-7-10-11;;;;;/h3-6,8-9,11-12H,10H2,1-2H3;3-4,6-8H,1-2H3;1-6,8-9H;2,4-6H,1H3;1-3,5-6H;2-5,7-8H,1H3;3-5H,1H3;2*1-2,4-6H;1-5,7-8H;;;;;/q10*-1;;;;;. The Labute approximate surface area is 853 Å². The molecule has 0 atom stereocenters. The van der Waals surface area contributed by atoms with E-state index in [4.69, 9.17) is 0 Å². The molecule has 5 radical (unpaired) electrons. The van der Waals surface area contributed by atoms with Gasteiger partial charge >= 0.3 is 0 Å². The van der Waals surface area contributed by atoms with Gasteiger partial charge in [0, 0.05) is 269 Å². The van der Waals surface area contributed by atoms with E-state index in [0.29, 0.717) is 23.3 Å². The Balaban J connectivity index is 0.000000233. The first-order valence-corrected chi connectivity index (χ1v) is 40.1. The van der Waals surface area contributed by atoms with Gasteiger partial charge < -0.3 is 33.2 Å². The summed E-state index contributed by atoms with van der Waals surface area (Å²) in [5.41, 5.74) is 10.7. The molecule has 8 aromatic carbocycles. The SMILES string of the molecule is CC(C)Cc1ccnc(-c2[c-]cccc2)c1.Cc1cc[c-]c(-c2nccn2C)c1.Cn1ccnc1-c1[c-]cc(F)cc1F.Cn1ccnc1-c1[c-]cc(F)nc1F.Cn1ccnc1-c1[c-]cccc1.Fc1c[c-]c(-c2ccccn2)c(F)n1.Fc1c[c-]c(-n2cccn2)c(F)c1.Fc1c[c-]c(-n2cccn2)c(F)c1.[Ir].[Ir].[Ir].[Ir].[Ir].[c-]1ccccc1-c1ccccn1.[c-]1ccccc1-n1cccn1. The topological polar surface area (TPSA) is 189 Å². The molecule has 711 valence electrons. The molecule has 0 fully saturated rings. The Hall–Kier alpha value is -13.5. The minimum Gasteiger partial charge on any atom is -0.373 e. The maximum atomic E-state index is 13.3. The number of rotatable bonds is 12. The molecule has 0 amide bonds. The zero-order valence-electron chi connectivity index (χ0n) is 73.5. The summed E-state index contributed by atoms with van der Waals surface area (Å²) >= 11 is 0. The van der Waals surface area contributed by atoms with Gasteiger partial charge in [-0.1, -0.05) is 91.6 Å². The smallest absolute Gasteiger partial charge is 0.130 e. The van der Waals surface area contributed by atoms with Crippen LogP contribution in [0.3, 0.4) is 0 Å². The molecule has 137 heavy (non-hydrogen) atoms. The van der Waals surface area contributed by atoms with Gasteiger partial charge in [-0.15, -0.1) is 198 Å². The molecule has 0 unspecified atom stereocenters. The molecule has 19 nitrogen and oxygen atoms in total. The number of aryl methyl sites for hydroxylation is 5. The number of nitrogens with zero attached hydrogens (tertiary/aromatic N) is 19. The molecule has 20 rings (SSSR count). The third kappa shape index (κ3) is 35.3. The van der Waals surface area contributed by atoms with E-state index in [2.05, 4.69) is 160 Å². The second-order valence-electron chi connectivity index (χ2n) is 28.1. The van der Waals surface area contributed by atoms with Crippen molar-refractivity contribution >= 4 is 0 Å². The van der Waals surface area contributed by atoms with Crippen molar-refractivity contribution < 1.29 is 144 Å². The first-order chi connectivity index (χ1) is 64.0. The fraction of sp³-hybridized carbons (Fsp3) is 0.0874. The van der Waals surface area contributed by atoms with Gasteiger partial charge in [-0.3, -0.25) is 70.3 Å². The number of halogens is 10. The zero-order chi connectivity index (χ0) is 93.5. The van der Waals surface area contributed by atoms with E-state index in [1.165, 1.54) is 45.3 Å². The van der Waals surface area contributed by atoms with Crippen molar-refractivity contribution in [2.24, 2.45) is 34.1 Å². The van der Waals surface area contributed by atoms with Crippen molar-refractivity contribution in [3.63, 3.8) is 0 Å². The van der Waals surface area contributed by atoms with Crippen LogP contribution in [0, 0.1) is 132 Å². The van der Waals surface area contributed by atoms with Crippen molar-refractivity contribution in [2.45, 2.75) is 27.2 Å². The van der Waals surface area contributed by atoms with E-state index in [0.717, 1.165) is 106 Å². The van der Waals surface area contributed by atoms with E-state index in [1.807, 2.05) is 181 Å². The van der Waals surface area contributed by atoms with Gasteiger partial charge in [-0.2, -0.15) is 51.7 Å². The van der Waals surface area contributed by atoms with E-state index >= 15 is 0 Å². The number of hydrogen-bond acceptors (Lipinski definition) is 12. The number of aromatic nitrogens is 19. The molecule has 0 saturated heterocycles. The molecule has 20 aromatic rings. The van der Waals surface area contributed by atoms with Crippen molar-refractivity contribution in [2.75, 3.05) is 0 Å². The molecule has 0 spiro atoms. The number of para-hydroxylation sites is 1. The van der Waals surface area contributed by atoms with Crippen LogP contribution in [0.5, 0.6) is 0 Å². The van der Waals surface area contributed by atoms with Crippen LogP contribution in [0.2, 0.25) is 0 Å².